The number of para-hydroxylation sites is 1. The highest BCUT2D eigenvalue weighted by atomic mass is 127. The summed E-state index contributed by atoms with van der Waals surface area (Å²) >= 11 is 0. The topological polar surface area (TPSA) is 62.0 Å². The van der Waals surface area contributed by atoms with Crippen LogP contribution in [-0.4, -0.2) is 44.1 Å². The molecule has 2 heterocycles. The smallest absolute Gasteiger partial charge is 0.191 e. The molecule has 28 heavy (non-hydrogen) atoms. The Balaban J connectivity index is 0.00000280. The lowest BCUT2D eigenvalue weighted by Crippen LogP contribution is -2.42. The molecule has 0 radical (unpaired) electrons. The molecular weight excluding hydrogens is 467 g/mol. The molecule has 1 aromatic carbocycles. The maximum absolute atomic E-state index is 5.70. The lowest BCUT2D eigenvalue weighted by Gasteiger charge is -2.26. The second kappa shape index (κ2) is 12.0. The predicted octanol–water partition coefficient (Wildman–Crippen LogP) is 3.80. The molecule has 1 fully saturated rings. The number of rotatable bonds is 8. The first kappa shape index (κ1) is 22.5. The van der Waals surface area contributed by atoms with Crippen molar-refractivity contribution in [2.75, 3.05) is 33.3 Å². The molecule has 0 bridgehead atoms. The molecule has 1 unspecified atom stereocenters. The number of aliphatic imine (C=N–C) groups is 1. The maximum atomic E-state index is 5.70. The number of furan rings is 1. The summed E-state index contributed by atoms with van der Waals surface area (Å²) in [5.74, 6) is 2.67. The van der Waals surface area contributed by atoms with E-state index in [2.05, 4.69) is 28.5 Å². The molecule has 3 rings (SSSR count). The highest BCUT2D eigenvalue weighted by Crippen LogP contribution is 2.25. The fourth-order valence-electron chi connectivity index (χ4n) is 3.48. The highest BCUT2D eigenvalue weighted by Gasteiger charge is 2.25. The standard InChI is InChI=1S/C21H30N4O2.HI/c1-3-22-21(23-15-17-9-4-5-10-19(17)26-2)24-16-18(20-11-8-14-27-20)25-12-6-7-13-25;/h4-5,8-11,14,18H,3,6-7,12-13,15-16H2,1-2H3,(H2,22,23,24);1H. The van der Waals surface area contributed by atoms with Gasteiger partial charge in [-0.05, 0) is 51.1 Å². The number of hydrogen-bond acceptors (Lipinski definition) is 4. The molecule has 1 aliphatic heterocycles. The van der Waals surface area contributed by atoms with Gasteiger partial charge in [0.1, 0.15) is 11.5 Å². The average molecular weight is 498 g/mol. The van der Waals surface area contributed by atoms with Crippen LogP contribution in [0, 0.1) is 0 Å². The maximum Gasteiger partial charge on any atom is 0.191 e. The third-order valence-electron chi connectivity index (χ3n) is 4.86. The van der Waals surface area contributed by atoms with E-state index in [1.165, 1.54) is 12.8 Å². The summed E-state index contributed by atoms with van der Waals surface area (Å²) in [5, 5.41) is 6.82. The Morgan fingerprint density at radius 3 is 2.64 bits per heavy atom. The van der Waals surface area contributed by atoms with Gasteiger partial charge in [0.2, 0.25) is 0 Å². The molecule has 0 amide bonds. The number of guanidine groups is 1. The second-order valence-corrected chi connectivity index (χ2v) is 6.66. The zero-order valence-corrected chi connectivity index (χ0v) is 19.0. The Labute approximate surface area is 184 Å². The number of methoxy groups -OCH3 is 1. The van der Waals surface area contributed by atoms with E-state index >= 15 is 0 Å². The molecule has 0 aliphatic carbocycles. The second-order valence-electron chi connectivity index (χ2n) is 6.66. The van der Waals surface area contributed by atoms with Gasteiger partial charge in [-0.3, -0.25) is 4.90 Å². The van der Waals surface area contributed by atoms with Crippen molar-refractivity contribution in [1.82, 2.24) is 15.5 Å². The molecular formula is C21H31IN4O2. The molecule has 2 aromatic rings. The molecule has 1 saturated heterocycles. The van der Waals surface area contributed by atoms with Gasteiger partial charge in [-0.25, -0.2) is 4.99 Å². The third kappa shape index (κ3) is 6.13. The van der Waals surface area contributed by atoms with E-state index in [1.54, 1.807) is 13.4 Å². The average Bonchev–Trinajstić information content (AvgIpc) is 3.41. The molecule has 0 spiro atoms. The van der Waals surface area contributed by atoms with Gasteiger partial charge in [-0.1, -0.05) is 18.2 Å². The SMILES string of the molecule is CCNC(=NCc1ccccc1OC)NCC(c1ccco1)N1CCCC1.I. The molecule has 1 aliphatic rings. The fraction of sp³-hybridized carbons (Fsp3) is 0.476. The van der Waals surface area contributed by atoms with E-state index in [9.17, 15) is 0 Å². The Morgan fingerprint density at radius 1 is 1.18 bits per heavy atom. The van der Waals surface area contributed by atoms with Crippen molar-refractivity contribution in [2.24, 2.45) is 4.99 Å². The van der Waals surface area contributed by atoms with Crippen molar-refractivity contribution in [3.05, 3.63) is 54.0 Å². The van der Waals surface area contributed by atoms with Gasteiger partial charge in [0, 0.05) is 18.7 Å². The Hall–Kier alpha value is -1.74. The van der Waals surface area contributed by atoms with Crippen LogP contribution in [0.15, 0.2) is 52.1 Å². The van der Waals surface area contributed by atoms with Crippen molar-refractivity contribution < 1.29 is 9.15 Å². The quantitative estimate of drug-likeness (QED) is 0.330. The monoisotopic (exact) mass is 498 g/mol. The number of ether oxygens (including phenoxy) is 1. The van der Waals surface area contributed by atoms with E-state index in [4.69, 9.17) is 14.1 Å². The first-order valence-corrected chi connectivity index (χ1v) is 9.73. The lowest BCUT2D eigenvalue weighted by atomic mass is 10.2. The summed E-state index contributed by atoms with van der Waals surface area (Å²) in [4.78, 5) is 7.22. The van der Waals surface area contributed by atoms with E-state index in [0.29, 0.717) is 6.54 Å². The molecule has 1 aromatic heterocycles. The van der Waals surface area contributed by atoms with Crippen LogP contribution in [0.25, 0.3) is 0 Å². The van der Waals surface area contributed by atoms with Gasteiger partial charge < -0.3 is 19.8 Å². The summed E-state index contributed by atoms with van der Waals surface area (Å²) in [6, 6.07) is 12.2. The van der Waals surface area contributed by atoms with E-state index in [1.807, 2.05) is 30.3 Å². The van der Waals surface area contributed by atoms with Crippen molar-refractivity contribution >= 4 is 29.9 Å². The first-order valence-electron chi connectivity index (χ1n) is 9.73. The van der Waals surface area contributed by atoms with Gasteiger partial charge in [-0.2, -0.15) is 0 Å². The van der Waals surface area contributed by atoms with Crippen LogP contribution in [0.1, 0.15) is 37.1 Å². The van der Waals surface area contributed by atoms with Crippen LogP contribution >= 0.6 is 24.0 Å². The summed E-state index contributed by atoms with van der Waals surface area (Å²) in [6.07, 6.45) is 4.25. The third-order valence-corrected chi connectivity index (χ3v) is 4.86. The molecule has 7 heteroatoms. The van der Waals surface area contributed by atoms with Gasteiger partial charge in [0.15, 0.2) is 5.96 Å². The summed E-state index contributed by atoms with van der Waals surface area (Å²) in [7, 11) is 1.69. The molecule has 1 atom stereocenters. The zero-order chi connectivity index (χ0) is 18.9. The fourth-order valence-corrected chi connectivity index (χ4v) is 3.48. The number of hydrogen-bond donors (Lipinski definition) is 2. The van der Waals surface area contributed by atoms with Crippen molar-refractivity contribution in [1.29, 1.82) is 0 Å². The first-order chi connectivity index (χ1) is 13.3. The van der Waals surface area contributed by atoms with Crippen LogP contribution < -0.4 is 15.4 Å². The van der Waals surface area contributed by atoms with Crippen LogP contribution in [0.5, 0.6) is 5.75 Å². The Bertz CT molecular complexity index is 715. The van der Waals surface area contributed by atoms with Gasteiger partial charge in [-0.15, -0.1) is 24.0 Å². The molecule has 0 saturated carbocycles. The zero-order valence-electron chi connectivity index (χ0n) is 16.7. The van der Waals surface area contributed by atoms with Gasteiger partial charge >= 0.3 is 0 Å². The predicted molar refractivity (Wildman–Crippen MR) is 123 cm³/mol. The minimum Gasteiger partial charge on any atom is -0.496 e. The largest absolute Gasteiger partial charge is 0.496 e. The summed E-state index contributed by atoms with van der Waals surface area (Å²) in [6.45, 7) is 6.43. The van der Waals surface area contributed by atoms with Crippen molar-refractivity contribution in [2.45, 2.75) is 32.4 Å². The van der Waals surface area contributed by atoms with E-state index in [0.717, 1.165) is 49.2 Å². The number of halogens is 1. The van der Waals surface area contributed by atoms with Crippen LogP contribution in [0.4, 0.5) is 0 Å². The van der Waals surface area contributed by atoms with E-state index < -0.39 is 0 Å². The Morgan fingerprint density at radius 2 is 1.96 bits per heavy atom. The van der Waals surface area contributed by atoms with Gasteiger partial charge in [0.05, 0.1) is 26.0 Å². The van der Waals surface area contributed by atoms with Crippen molar-refractivity contribution in [3.63, 3.8) is 0 Å². The van der Waals surface area contributed by atoms with Crippen LogP contribution in [0.3, 0.4) is 0 Å². The number of nitrogens with one attached hydrogen (secondary N) is 2. The number of benzene rings is 1. The molecule has 2 N–H and O–H groups in total. The normalized spacial score (nSPS) is 15.7. The van der Waals surface area contributed by atoms with Crippen LogP contribution in [0.2, 0.25) is 0 Å². The summed E-state index contributed by atoms with van der Waals surface area (Å²) in [5.41, 5.74) is 1.07. The minimum atomic E-state index is 0. The molecule has 6 nitrogen and oxygen atoms in total. The van der Waals surface area contributed by atoms with Crippen molar-refractivity contribution in [3.8, 4) is 5.75 Å². The van der Waals surface area contributed by atoms with E-state index in [-0.39, 0.29) is 30.0 Å². The molecule has 154 valence electrons. The van der Waals surface area contributed by atoms with Crippen LogP contribution in [-0.2, 0) is 6.54 Å². The summed E-state index contributed by atoms with van der Waals surface area (Å²) < 4.78 is 11.1. The minimum absolute atomic E-state index is 0. The lowest BCUT2D eigenvalue weighted by molar-refractivity contribution is 0.215. The number of nitrogens with zero attached hydrogens (tertiary/aromatic N) is 2. The highest BCUT2D eigenvalue weighted by molar-refractivity contribution is 14.0. The number of likely N-dealkylation sites (tertiary alicyclic amines) is 1. The Kier molecular flexibility index (Phi) is 9.63. The van der Waals surface area contributed by atoms with Gasteiger partial charge in [0.25, 0.3) is 0 Å².